The molecule has 1 aliphatic carbocycles. The minimum absolute atomic E-state index is 0.0330. The van der Waals surface area contributed by atoms with E-state index in [0.717, 1.165) is 12.8 Å². The molecule has 1 saturated heterocycles. The van der Waals surface area contributed by atoms with Crippen LogP contribution in [0.15, 0.2) is 24.3 Å². The maximum atomic E-state index is 13.0. The van der Waals surface area contributed by atoms with Crippen molar-refractivity contribution in [1.29, 1.82) is 0 Å². The summed E-state index contributed by atoms with van der Waals surface area (Å²) in [6.07, 6.45) is 5.60. The zero-order valence-electron chi connectivity index (χ0n) is 17.4. The van der Waals surface area contributed by atoms with E-state index in [1.807, 2.05) is 18.7 Å². The Hall–Kier alpha value is -2.24. The molecule has 0 unspecified atom stereocenters. The molecule has 0 N–H and O–H groups in total. The molecule has 1 heterocycles. The second kappa shape index (κ2) is 9.51. The van der Waals surface area contributed by atoms with Crippen molar-refractivity contribution < 1.29 is 18.8 Å². The fourth-order valence-corrected chi connectivity index (χ4v) is 4.57. The monoisotopic (exact) mass is 402 g/mol. The highest BCUT2D eigenvalue weighted by molar-refractivity contribution is 5.98. The Morgan fingerprint density at radius 1 is 0.897 bits per heavy atom. The minimum Gasteiger partial charge on any atom is -0.336 e. The molecule has 2 atom stereocenters. The molecule has 2 amide bonds. The average molecular weight is 403 g/mol. The predicted octanol–water partition coefficient (Wildman–Crippen LogP) is 3.82. The number of ketones is 1. The van der Waals surface area contributed by atoms with Crippen LogP contribution in [0.1, 0.15) is 69.2 Å². The van der Waals surface area contributed by atoms with E-state index in [9.17, 15) is 18.8 Å². The second-order valence-corrected chi connectivity index (χ2v) is 8.44. The zero-order chi connectivity index (χ0) is 21.0. The highest BCUT2D eigenvalue weighted by atomic mass is 19.1. The minimum atomic E-state index is -0.388. The van der Waals surface area contributed by atoms with Crippen molar-refractivity contribution >= 4 is 17.6 Å². The number of carbonyl (C=O) groups excluding carboxylic acids is 3. The number of Topliss-reactive ketones (excluding diaryl/α,β-unsaturated/α-hetero) is 1. The van der Waals surface area contributed by atoms with Crippen LogP contribution in [0.4, 0.5) is 4.39 Å². The van der Waals surface area contributed by atoms with Crippen molar-refractivity contribution in [2.75, 3.05) is 13.1 Å². The number of piperazine rings is 1. The van der Waals surface area contributed by atoms with Crippen molar-refractivity contribution in [2.24, 2.45) is 5.92 Å². The van der Waals surface area contributed by atoms with Gasteiger partial charge in [-0.3, -0.25) is 14.4 Å². The molecule has 5 nitrogen and oxygen atoms in total. The van der Waals surface area contributed by atoms with Gasteiger partial charge in [-0.1, -0.05) is 12.8 Å². The van der Waals surface area contributed by atoms with E-state index >= 15 is 0 Å². The van der Waals surface area contributed by atoms with E-state index in [1.165, 1.54) is 37.1 Å². The molecule has 2 fully saturated rings. The summed E-state index contributed by atoms with van der Waals surface area (Å²) in [6, 6.07) is 5.28. The summed E-state index contributed by atoms with van der Waals surface area (Å²) < 4.78 is 13.0. The Morgan fingerprint density at radius 2 is 1.45 bits per heavy atom. The molecule has 0 radical (unpaired) electrons. The van der Waals surface area contributed by atoms with E-state index in [4.69, 9.17) is 0 Å². The molecule has 0 aromatic heterocycles. The zero-order valence-corrected chi connectivity index (χ0v) is 17.4. The fourth-order valence-electron chi connectivity index (χ4n) is 4.57. The summed E-state index contributed by atoms with van der Waals surface area (Å²) in [4.78, 5) is 41.4. The van der Waals surface area contributed by atoms with Crippen molar-refractivity contribution in [3.8, 4) is 0 Å². The van der Waals surface area contributed by atoms with Crippen molar-refractivity contribution in [3.05, 3.63) is 35.6 Å². The van der Waals surface area contributed by atoms with Gasteiger partial charge in [-0.15, -0.1) is 0 Å². The third kappa shape index (κ3) is 5.22. The highest BCUT2D eigenvalue weighted by Crippen LogP contribution is 2.29. The van der Waals surface area contributed by atoms with Crippen LogP contribution in [0.2, 0.25) is 0 Å². The number of nitrogens with zero attached hydrogens (tertiary/aromatic N) is 2. The second-order valence-electron chi connectivity index (χ2n) is 8.44. The number of carbonyl (C=O) groups is 3. The lowest BCUT2D eigenvalue weighted by atomic mass is 9.99. The molecule has 0 spiro atoms. The Kier molecular flexibility index (Phi) is 7.04. The summed E-state index contributed by atoms with van der Waals surface area (Å²) in [7, 11) is 0. The predicted molar refractivity (Wildman–Crippen MR) is 109 cm³/mol. The third-order valence-corrected chi connectivity index (χ3v) is 6.57. The van der Waals surface area contributed by atoms with Crippen molar-refractivity contribution in [1.82, 2.24) is 9.80 Å². The number of halogens is 1. The standard InChI is InChI=1S/C23H31FN2O3/c1-16-17(2)26(23(29)15-18-5-3-4-6-18)14-13-25(16)22(28)12-11-21(27)19-7-9-20(24)10-8-19/h7-10,16-18H,3-6,11-15H2,1-2H3/t16-,17-/m1/s1. The summed E-state index contributed by atoms with van der Waals surface area (Å²) in [5, 5.41) is 0. The number of hydrogen-bond donors (Lipinski definition) is 0. The Balaban J connectivity index is 1.51. The first-order valence-corrected chi connectivity index (χ1v) is 10.7. The highest BCUT2D eigenvalue weighted by Gasteiger charge is 2.36. The SMILES string of the molecule is C[C@@H]1[C@@H](C)N(C(=O)CC2CCCC2)CCN1C(=O)CCC(=O)c1ccc(F)cc1. The van der Waals surface area contributed by atoms with Gasteiger partial charge in [-0.25, -0.2) is 4.39 Å². The van der Waals surface area contributed by atoms with Gasteiger partial charge in [0.1, 0.15) is 5.82 Å². The quantitative estimate of drug-likeness (QED) is 0.680. The van der Waals surface area contributed by atoms with Crippen LogP contribution < -0.4 is 0 Å². The van der Waals surface area contributed by atoms with Gasteiger partial charge < -0.3 is 9.80 Å². The van der Waals surface area contributed by atoms with Gasteiger partial charge in [0.05, 0.1) is 0 Å². The van der Waals surface area contributed by atoms with Crippen LogP contribution >= 0.6 is 0 Å². The molecule has 29 heavy (non-hydrogen) atoms. The first-order valence-electron chi connectivity index (χ1n) is 10.7. The van der Waals surface area contributed by atoms with E-state index in [2.05, 4.69) is 0 Å². The van der Waals surface area contributed by atoms with Crippen LogP contribution in [0.5, 0.6) is 0 Å². The lowest BCUT2D eigenvalue weighted by Crippen LogP contribution is -2.60. The van der Waals surface area contributed by atoms with Crippen molar-refractivity contribution in [2.45, 2.75) is 70.9 Å². The molecule has 1 aromatic rings. The van der Waals surface area contributed by atoms with E-state index in [0.29, 0.717) is 31.0 Å². The molecule has 6 heteroatoms. The van der Waals surface area contributed by atoms with Gasteiger partial charge in [-0.2, -0.15) is 0 Å². The van der Waals surface area contributed by atoms with Crippen LogP contribution in [0.25, 0.3) is 0 Å². The van der Waals surface area contributed by atoms with Gasteiger partial charge in [0, 0.05) is 50.0 Å². The molecular formula is C23H31FN2O3. The largest absolute Gasteiger partial charge is 0.336 e. The van der Waals surface area contributed by atoms with Gasteiger partial charge in [0.25, 0.3) is 0 Å². The smallest absolute Gasteiger partial charge is 0.223 e. The summed E-state index contributed by atoms with van der Waals surface area (Å²) in [5.74, 6) is 0.102. The van der Waals surface area contributed by atoms with Gasteiger partial charge in [0.15, 0.2) is 5.78 Å². The lowest BCUT2D eigenvalue weighted by molar-refractivity contribution is -0.146. The van der Waals surface area contributed by atoms with E-state index < -0.39 is 0 Å². The molecule has 1 aromatic carbocycles. The number of hydrogen-bond acceptors (Lipinski definition) is 3. The van der Waals surface area contributed by atoms with Crippen molar-refractivity contribution in [3.63, 3.8) is 0 Å². The van der Waals surface area contributed by atoms with Gasteiger partial charge >= 0.3 is 0 Å². The number of amides is 2. The number of benzene rings is 1. The van der Waals surface area contributed by atoms with Gasteiger partial charge in [-0.05, 0) is 56.9 Å². The average Bonchev–Trinajstić information content (AvgIpc) is 3.21. The Bertz CT molecular complexity index is 743. The molecule has 158 valence electrons. The maximum Gasteiger partial charge on any atom is 0.223 e. The molecular weight excluding hydrogens is 371 g/mol. The first kappa shape index (κ1) is 21.5. The topological polar surface area (TPSA) is 57.7 Å². The van der Waals surface area contributed by atoms with E-state index in [-0.39, 0.29) is 48.3 Å². The van der Waals surface area contributed by atoms with Crippen LogP contribution in [-0.2, 0) is 9.59 Å². The molecule has 0 bridgehead atoms. The normalized spacial score (nSPS) is 22.7. The molecule has 3 rings (SSSR count). The molecule has 1 aliphatic heterocycles. The summed E-state index contributed by atoms with van der Waals surface area (Å²) >= 11 is 0. The summed E-state index contributed by atoms with van der Waals surface area (Å²) in [6.45, 7) is 5.03. The Morgan fingerprint density at radius 3 is 2.03 bits per heavy atom. The summed E-state index contributed by atoms with van der Waals surface area (Å²) in [5.41, 5.74) is 0.419. The third-order valence-electron chi connectivity index (χ3n) is 6.57. The Labute approximate surface area is 172 Å². The number of rotatable bonds is 6. The lowest BCUT2D eigenvalue weighted by Gasteiger charge is -2.45. The van der Waals surface area contributed by atoms with Crippen LogP contribution in [0, 0.1) is 11.7 Å². The maximum absolute atomic E-state index is 13.0. The fraction of sp³-hybridized carbons (Fsp3) is 0.609. The van der Waals surface area contributed by atoms with Crippen LogP contribution in [-0.4, -0.2) is 52.6 Å². The molecule has 1 saturated carbocycles. The van der Waals surface area contributed by atoms with E-state index in [1.54, 1.807) is 4.90 Å². The molecule has 2 aliphatic rings. The van der Waals surface area contributed by atoms with Gasteiger partial charge in [0.2, 0.25) is 11.8 Å². The van der Waals surface area contributed by atoms with Crippen LogP contribution in [0.3, 0.4) is 0 Å². The first-order chi connectivity index (χ1) is 13.9.